The van der Waals surface area contributed by atoms with Crippen LogP contribution < -0.4 is 5.32 Å². The molecule has 1 aliphatic heterocycles. The zero-order chi connectivity index (χ0) is 14.5. The van der Waals surface area contributed by atoms with E-state index < -0.39 is 0 Å². The van der Waals surface area contributed by atoms with E-state index in [-0.39, 0.29) is 6.03 Å². The molecular weight excluding hydrogens is 264 g/mol. The smallest absolute Gasteiger partial charge is 0.317 e. The lowest BCUT2D eigenvalue weighted by Crippen LogP contribution is -2.38. The van der Waals surface area contributed by atoms with Crippen molar-refractivity contribution in [3.05, 3.63) is 48.3 Å². The first-order valence-corrected chi connectivity index (χ1v) is 7.46. The molecule has 0 bridgehead atoms. The van der Waals surface area contributed by atoms with Crippen LogP contribution in [0.3, 0.4) is 0 Å². The molecule has 110 valence electrons. The molecule has 5 heteroatoms. The molecule has 0 saturated carbocycles. The number of likely N-dealkylation sites (tertiary alicyclic amines) is 1. The van der Waals surface area contributed by atoms with E-state index in [1.54, 1.807) is 0 Å². The van der Waals surface area contributed by atoms with Gasteiger partial charge in [-0.25, -0.2) is 9.48 Å². The number of hydrogen-bond acceptors (Lipinski definition) is 2. The molecule has 2 amide bonds. The third-order valence-electron chi connectivity index (χ3n) is 3.72. The van der Waals surface area contributed by atoms with Gasteiger partial charge in [0.2, 0.25) is 0 Å². The predicted molar refractivity (Wildman–Crippen MR) is 81.5 cm³/mol. The largest absolute Gasteiger partial charge is 0.338 e. The maximum atomic E-state index is 11.9. The van der Waals surface area contributed by atoms with Crippen LogP contribution in [-0.2, 0) is 6.42 Å². The quantitative estimate of drug-likeness (QED) is 0.936. The maximum Gasteiger partial charge on any atom is 0.317 e. The van der Waals surface area contributed by atoms with Crippen LogP contribution in [-0.4, -0.2) is 40.3 Å². The molecule has 0 spiro atoms. The Morgan fingerprint density at radius 1 is 1.14 bits per heavy atom. The average Bonchev–Trinajstić information content (AvgIpc) is 3.20. The van der Waals surface area contributed by atoms with Crippen molar-refractivity contribution >= 4 is 6.03 Å². The molecule has 0 atom stereocenters. The van der Waals surface area contributed by atoms with Gasteiger partial charge in [0.25, 0.3) is 0 Å². The fraction of sp³-hybridized carbons (Fsp3) is 0.375. The second kappa shape index (κ2) is 6.43. The lowest BCUT2D eigenvalue weighted by Gasteiger charge is -2.15. The Bertz CT molecular complexity index is 587. The lowest BCUT2D eigenvalue weighted by atomic mass is 10.3. The van der Waals surface area contributed by atoms with E-state index in [9.17, 15) is 4.79 Å². The molecule has 0 radical (unpaired) electrons. The first-order valence-electron chi connectivity index (χ1n) is 7.46. The zero-order valence-electron chi connectivity index (χ0n) is 12.0. The summed E-state index contributed by atoms with van der Waals surface area (Å²) < 4.78 is 1.86. The molecule has 1 N–H and O–H groups in total. The Balaban J connectivity index is 1.50. The summed E-state index contributed by atoms with van der Waals surface area (Å²) in [5, 5.41) is 7.49. The van der Waals surface area contributed by atoms with Gasteiger partial charge >= 0.3 is 6.03 Å². The number of para-hydroxylation sites is 1. The molecule has 1 saturated heterocycles. The van der Waals surface area contributed by atoms with E-state index in [1.165, 1.54) is 0 Å². The van der Waals surface area contributed by atoms with Crippen LogP contribution >= 0.6 is 0 Å². The summed E-state index contributed by atoms with van der Waals surface area (Å²) in [5.41, 5.74) is 2.03. The first kappa shape index (κ1) is 13.7. The number of nitrogens with zero attached hydrogens (tertiary/aromatic N) is 3. The van der Waals surface area contributed by atoms with E-state index in [0.29, 0.717) is 6.54 Å². The number of hydrogen-bond donors (Lipinski definition) is 1. The van der Waals surface area contributed by atoms with E-state index in [0.717, 1.165) is 43.7 Å². The average molecular weight is 284 g/mol. The Hall–Kier alpha value is -2.30. The molecule has 0 unspecified atom stereocenters. The van der Waals surface area contributed by atoms with Gasteiger partial charge in [0.05, 0.1) is 11.4 Å². The van der Waals surface area contributed by atoms with Crippen LogP contribution in [0, 0.1) is 0 Å². The predicted octanol–water partition coefficient (Wildman–Crippen LogP) is 2.22. The summed E-state index contributed by atoms with van der Waals surface area (Å²) in [6, 6.07) is 12.1. The third kappa shape index (κ3) is 3.42. The summed E-state index contributed by atoms with van der Waals surface area (Å²) in [7, 11) is 0. The van der Waals surface area contributed by atoms with Gasteiger partial charge in [-0.2, -0.15) is 5.10 Å². The molecule has 1 aliphatic rings. The van der Waals surface area contributed by atoms with Gasteiger partial charge in [0, 0.05) is 32.3 Å². The molecular formula is C16H20N4O. The monoisotopic (exact) mass is 284 g/mol. The first-order chi connectivity index (χ1) is 10.3. The molecule has 21 heavy (non-hydrogen) atoms. The second-order valence-corrected chi connectivity index (χ2v) is 5.26. The lowest BCUT2D eigenvalue weighted by molar-refractivity contribution is 0.209. The minimum atomic E-state index is 0.0509. The van der Waals surface area contributed by atoms with Gasteiger partial charge in [0.15, 0.2) is 0 Å². The van der Waals surface area contributed by atoms with Crippen molar-refractivity contribution in [1.82, 2.24) is 20.0 Å². The van der Waals surface area contributed by atoms with E-state index in [1.807, 2.05) is 52.2 Å². The Labute approximate surface area is 124 Å². The van der Waals surface area contributed by atoms with Gasteiger partial charge < -0.3 is 10.2 Å². The van der Waals surface area contributed by atoms with Gasteiger partial charge in [-0.1, -0.05) is 18.2 Å². The number of benzene rings is 1. The Morgan fingerprint density at radius 2 is 1.90 bits per heavy atom. The number of rotatable bonds is 4. The fourth-order valence-electron chi connectivity index (χ4n) is 2.55. The molecule has 1 aromatic heterocycles. The number of carbonyl (C=O) groups excluding carboxylic acids is 1. The Morgan fingerprint density at radius 3 is 2.67 bits per heavy atom. The number of carbonyl (C=O) groups is 1. The maximum absolute atomic E-state index is 11.9. The van der Waals surface area contributed by atoms with Crippen molar-refractivity contribution in [1.29, 1.82) is 0 Å². The molecule has 1 aromatic carbocycles. The van der Waals surface area contributed by atoms with Gasteiger partial charge in [-0.15, -0.1) is 0 Å². The molecule has 1 fully saturated rings. The SMILES string of the molecule is O=C(NCCc1ccn(-c2ccccc2)n1)N1CCCC1. The van der Waals surface area contributed by atoms with Gasteiger partial charge in [-0.3, -0.25) is 0 Å². The van der Waals surface area contributed by atoms with Crippen molar-refractivity contribution in [3.63, 3.8) is 0 Å². The van der Waals surface area contributed by atoms with Crippen LogP contribution in [0.5, 0.6) is 0 Å². The number of nitrogens with one attached hydrogen (secondary N) is 1. The van der Waals surface area contributed by atoms with Crippen molar-refractivity contribution in [3.8, 4) is 5.69 Å². The summed E-state index contributed by atoms with van der Waals surface area (Å²) >= 11 is 0. The van der Waals surface area contributed by atoms with Crippen LogP contribution in [0.2, 0.25) is 0 Å². The highest BCUT2D eigenvalue weighted by molar-refractivity contribution is 5.74. The Kier molecular flexibility index (Phi) is 4.19. The summed E-state index contributed by atoms with van der Waals surface area (Å²) in [4.78, 5) is 13.7. The van der Waals surface area contributed by atoms with Crippen LogP contribution in [0.1, 0.15) is 18.5 Å². The number of aromatic nitrogens is 2. The minimum absolute atomic E-state index is 0.0509. The van der Waals surface area contributed by atoms with Crippen LogP contribution in [0.15, 0.2) is 42.6 Å². The normalized spacial score (nSPS) is 14.4. The summed E-state index contributed by atoms with van der Waals surface area (Å²) in [5.74, 6) is 0. The molecule has 0 aliphatic carbocycles. The highest BCUT2D eigenvalue weighted by Gasteiger charge is 2.16. The number of amides is 2. The van der Waals surface area contributed by atoms with Crippen molar-refractivity contribution < 1.29 is 4.79 Å². The van der Waals surface area contributed by atoms with E-state index in [2.05, 4.69) is 10.4 Å². The minimum Gasteiger partial charge on any atom is -0.338 e. The second-order valence-electron chi connectivity index (χ2n) is 5.26. The van der Waals surface area contributed by atoms with Gasteiger partial charge in [-0.05, 0) is 31.0 Å². The molecule has 5 nitrogen and oxygen atoms in total. The van der Waals surface area contributed by atoms with Crippen molar-refractivity contribution in [2.75, 3.05) is 19.6 Å². The van der Waals surface area contributed by atoms with E-state index >= 15 is 0 Å². The van der Waals surface area contributed by atoms with Gasteiger partial charge in [0.1, 0.15) is 0 Å². The third-order valence-corrected chi connectivity index (χ3v) is 3.72. The van der Waals surface area contributed by atoms with Crippen LogP contribution in [0.25, 0.3) is 5.69 Å². The fourth-order valence-corrected chi connectivity index (χ4v) is 2.55. The standard InChI is InChI=1S/C16H20N4O/c21-16(19-11-4-5-12-19)17-10-8-14-9-13-20(18-14)15-6-2-1-3-7-15/h1-3,6-7,9,13H,4-5,8,10-12H2,(H,17,21). The molecule has 2 aromatic rings. The topological polar surface area (TPSA) is 50.2 Å². The highest BCUT2D eigenvalue weighted by Crippen LogP contribution is 2.08. The number of urea groups is 1. The summed E-state index contributed by atoms with van der Waals surface area (Å²) in [6.07, 6.45) is 4.94. The van der Waals surface area contributed by atoms with Crippen molar-refractivity contribution in [2.45, 2.75) is 19.3 Å². The zero-order valence-corrected chi connectivity index (χ0v) is 12.0. The highest BCUT2D eigenvalue weighted by atomic mass is 16.2. The summed E-state index contributed by atoms with van der Waals surface area (Å²) in [6.45, 7) is 2.39. The molecule has 3 rings (SSSR count). The van der Waals surface area contributed by atoms with Crippen LogP contribution in [0.4, 0.5) is 4.79 Å². The molecule has 2 heterocycles. The van der Waals surface area contributed by atoms with E-state index in [4.69, 9.17) is 0 Å². The van der Waals surface area contributed by atoms with Crippen molar-refractivity contribution in [2.24, 2.45) is 0 Å².